The van der Waals surface area contributed by atoms with Crippen LogP contribution in [-0.2, 0) is 11.3 Å². The van der Waals surface area contributed by atoms with Gasteiger partial charge in [0.05, 0.1) is 0 Å². The Kier molecular flexibility index (Phi) is 6.49. The fraction of sp³-hybridized carbons (Fsp3) is 0.370. The third-order valence-corrected chi connectivity index (χ3v) is 6.18. The summed E-state index contributed by atoms with van der Waals surface area (Å²) in [5, 5.41) is 10.3. The number of piperidine rings is 1. The second-order valence-corrected chi connectivity index (χ2v) is 8.66. The summed E-state index contributed by atoms with van der Waals surface area (Å²) < 4.78 is 0. The SMILES string of the molecule is Cc1ccc(/C=C2/CCC/C(=C/c3ccc(O)c(CN4CCCCC4)c3)C2=O)cc1. The lowest BCUT2D eigenvalue weighted by molar-refractivity contribution is -0.112. The zero-order chi connectivity index (χ0) is 20.9. The molecule has 0 aromatic heterocycles. The molecule has 0 spiro atoms. The van der Waals surface area contributed by atoms with Crippen LogP contribution in [0.1, 0.15) is 60.8 Å². The summed E-state index contributed by atoms with van der Waals surface area (Å²) in [6, 6.07) is 14.0. The van der Waals surface area contributed by atoms with Crippen molar-refractivity contribution in [2.45, 2.75) is 52.0 Å². The van der Waals surface area contributed by atoms with Gasteiger partial charge in [-0.3, -0.25) is 9.69 Å². The molecule has 0 amide bonds. The van der Waals surface area contributed by atoms with E-state index < -0.39 is 0 Å². The first-order valence-corrected chi connectivity index (χ1v) is 11.2. The molecule has 1 heterocycles. The van der Waals surface area contributed by atoms with E-state index in [-0.39, 0.29) is 5.78 Å². The number of likely N-dealkylation sites (tertiary alicyclic amines) is 1. The number of phenols is 1. The number of allylic oxidation sites excluding steroid dienone is 2. The zero-order valence-corrected chi connectivity index (χ0v) is 17.9. The van der Waals surface area contributed by atoms with Gasteiger partial charge < -0.3 is 5.11 Å². The van der Waals surface area contributed by atoms with E-state index in [4.69, 9.17) is 0 Å². The van der Waals surface area contributed by atoms with Gasteiger partial charge in [-0.15, -0.1) is 0 Å². The summed E-state index contributed by atoms with van der Waals surface area (Å²) in [7, 11) is 0. The van der Waals surface area contributed by atoms with Crippen molar-refractivity contribution in [1.29, 1.82) is 0 Å². The first-order chi connectivity index (χ1) is 14.6. The molecule has 1 N–H and O–H groups in total. The molecule has 1 aliphatic heterocycles. The van der Waals surface area contributed by atoms with E-state index in [1.807, 2.05) is 24.3 Å². The molecule has 0 unspecified atom stereocenters. The van der Waals surface area contributed by atoms with Crippen LogP contribution in [0.15, 0.2) is 53.6 Å². The molecule has 1 saturated heterocycles. The lowest BCUT2D eigenvalue weighted by atomic mass is 9.86. The molecular weight excluding hydrogens is 370 g/mol. The van der Waals surface area contributed by atoms with Crippen molar-refractivity contribution in [2.24, 2.45) is 0 Å². The van der Waals surface area contributed by atoms with Crippen molar-refractivity contribution in [3.05, 3.63) is 75.9 Å². The van der Waals surface area contributed by atoms with Gasteiger partial charge in [-0.25, -0.2) is 0 Å². The lowest BCUT2D eigenvalue weighted by Crippen LogP contribution is -2.29. The van der Waals surface area contributed by atoms with Crippen LogP contribution in [-0.4, -0.2) is 28.9 Å². The molecule has 0 radical (unpaired) electrons. The average molecular weight is 402 g/mol. The fourth-order valence-electron chi connectivity index (χ4n) is 4.42. The van der Waals surface area contributed by atoms with E-state index in [0.717, 1.165) is 66.7 Å². The van der Waals surface area contributed by atoms with E-state index in [1.54, 1.807) is 6.07 Å². The summed E-state index contributed by atoms with van der Waals surface area (Å²) in [6.07, 6.45) is 10.5. The van der Waals surface area contributed by atoms with E-state index in [1.165, 1.54) is 24.8 Å². The standard InChI is InChI=1S/C27H31NO2/c1-20-8-10-21(11-9-20)16-23-6-5-7-24(27(23)30)17-22-12-13-26(29)25(18-22)19-28-14-3-2-4-15-28/h8-13,16-18,29H,2-7,14-15,19H2,1H3/b23-16-,24-17-. The molecular formula is C27H31NO2. The molecule has 3 nitrogen and oxygen atoms in total. The van der Waals surface area contributed by atoms with Crippen LogP contribution in [0, 0.1) is 6.92 Å². The topological polar surface area (TPSA) is 40.5 Å². The minimum absolute atomic E-state index is 0.160. The highest BCUT2D eigenvalue weighted by atomic mass is 16.3. The fourth-order valence-corrected chi connectivity index (χ4v) is 4.42. The third-order valence-electron chi connectivity index (χ3n) is 6.18. The van der Waals surface area contributed by atoms with Gasteiger partial charge in [-0.1, -0.05) is 42.3 Å². The Balaban J connectivity index is 1.54. The maximum absolute atomic E-state index is 13.1. The number of aromatic hydroxyl groups is 1. The Hall–Kier alpha value is -2.65. The molecule has 0 atom stereocenters. The summed E-state index contributed by atoms with van der Waals surface area (Å²) in [5.41, 5.74) is 6.02. The predicted octanol–water partition coefficient (Wildman–Crippen LogP) is 5.91. The number of phenolic OH excluding ortho intramolecular Hbond substituents is 1. The second-order valence-electron chi connectivity index (χ2n) is 8.66. The molecule has 30 heavy (non-hydrogen) atoms. The molecule has 3 heteroatoms. The first-order valence-electron chi connectivity index (χ1n) is 11.2. The number of rotatable bonds is 4. The van der Waals surface area contributed by atoms with Crippen molar-refractivity contribution < 1.29 is 9.90 Å². The Morgan fingerprint density at radius 3 is 2.20 bits per heavy atom. The van der Waals surface area contributed by atoms with E-state index >= 15 is 0 Å². The largest absolute Gasteiger partial charge is 0.508 e. The van der Waals surface area contributed by atoms with E-state index in [2.05, 4.69) is 36.1 Å². The van der Waals surface area contributed by atoms with Gasteiger partial charge in [0.15, 0.2) is 5.78 Å². The van der Waals surface area contributed by atoms with Crippen LogP contribution in [0.3, 0.4) is 0 Å². The van der Waals surface area contributed by atoms with Gasteiger partial charge in [-0.05, 0) is 87.5 Å². The maximum Gasteiger partial charge on any atom is 0.185 e. The Bertz CT molecular complexity index is 963. The molecule has 2 fully saturated rings. The predicted molar refractivity (Wildman–Crippen MR) is 123 cm³/mol. The van der Waals surface area contributed by atoms with E-state index in [0.29, 0.717) is 5.75 Å². The van der Waals surface area contributed by atoms with Crippen LogP contribution in [0.4, 0.5) is 0 Å². The van der Waals surface area contributed by atoms with Crippen molar-refractivity contribution in [3.8, 4) is 5.75 Å². The minimum Gasteiger partial charge on any atom is -0.508 e. The molecule has 2 aromatic carbocycles. The van der Waals surface area contributed by atoms with Crippen LogP contribution in [0.5, 0.6) is 5.75 Å². The molecule has 4 rings (SSSR count). The lowest BCUT2D eigenvalue weighted by Gasteiger charge is -2.26. The number of hydrogen-bond acceptors (Lipinski definition) is 3. The van der Waals surface area contributed by atoms with Crippen LogP contribution in [0.2, 0.25) is 0 Å². The third kappa shape index (κ3) is 5.09. The highest BCUT2D eigenvalue weighted by Crippen LogP contribution is 2.29. The van der Waals surface area contributed by atoms with Crippen LogP contribution >= 0.6 is 0 Å². The van der Waals surface area contributed by atoms with Crippen LogP contribution in [0.25, 0.3) is 12.2 Å². The number of aryl methyl sites for hydroxylation is 1. The van der Waals surface area contributed by atoms with Gasteiger partial charge in [0.25, 0.3) is 0 Å². The number of nitrogens with zero attached hydrogens (tertiary/aromatic N) is 1. The highest BCUT2D eigenvalue weighted by molar-refractivity contribution is 6.13. The van der Waals surface area contributed by atoms with Gasteiger partial charge in [0.2, 0.25) is 0 Å². The maximum atomic E-state index is 13.1. The van der Waals surface area contributed by atoms with Gasteiger partial charge in [0.1, 0.15) is 5.75 Å². The van der Waals surface area contributed by atoms with Crippen molar-refractivity contribution >= 4 is 17.9 Å². The summed E-state index contributed by atoms with van der Waals surface area (Å²) in [6.45, 7) is 5.03. The normalized spacial score (nSPS) is 20.8. The smallest absolute Gasteiger partial charge is 0.185 e. The quantitative estimate of drug-likeness (QED) is 0.648. The monoisotopic (exact) mass is 401 g/mol. The number of Topliss-reactive ketones (excluding diaryl/α,β-unsaturated/α-hetero) is 1. The van der Waals surface area contributed by atoms with E-state index in [9.17, 15) is 9.90 Å². The number of benzene rings is 2. The number of hydrogen-bond donors (Lipinski definition) is 1. The number of ketones is 1. The Morgan fingerprint density at radius 2 is 1.50 bits per heavy atom. The van der Waals surface area contributed by atoms with Crippen LogP contribution < -0.4 is 0 Å². The Labute approximate surface area is 179 Å². The summed E-state index contributed by atoms with van der Waals surface area (Å²) in [4.78, 5) is 15.5. The van der Waals surface area contributed by atoms with Crippen molar-refractivity contribution in [1.82, 2.24) is 4.90 Å². The molecule has 2 aliphatic rings. The zero-order valence-electron chi connectivity index (χ0n) is 17.9. The van der Waals surface area contributed by atoms with Crippen molar-refractivity contribution in [3.63, 3.8) is 0 Å². The van der Waals surface area contributed by atoms with Gasteiger partial charge in [0, 0.05) is 23.3 Å². The second kappa shape index (κ2) is 9.44. The Morgan fingerprint density at radius 1 is 0.867 bits per heavy atom. The molecule has 0 bridgehead atoms. The summed E-state index contributed by atoms with van der Waals surface area (Å²) in [5.74, 6) is 0.505. The first kappa shape index (κ1) is 20.6. The summed E-state index contributed by atoms with van der Waals surface area (Å²) >= 11 is 0. The molecule has 156 valence electrons. The number of carbonyl (C=O) groups is 1. The van der Waals surface area contributed by atoms with Crippen molar-refractivity contribution in [2.75, 3.05) is 13.1 Å². The molecule has 1 aliphatic carbocycles. The molecule has 2 aromatic rings. The number of carbonyl (C=O) groups excluding carboxylic acids is 1. The highest BCUT2D eigenvalue weighted by Gasteiger charge is 2.21. The molecule has 1 saturated carbocycles. The van der Waals surface area contributed by atoms with Gasteiger partial charge in [-0.2, -0.15) is 0 Å². The van der Waals surface area contributed by atoms with Gasteiger partial charge >= 0.3 is 0 Å². The average Bonchev–Trinajstić information content (AvgIpc) is 2.76. The minimum atomic E-state index is 0.160.